The average Bonchev–Trinajstić information content (AvgIpc) is 2.89. The number of halogens is 1. The number of hydrogen-bond acceptors (Lipinski definition) is 2. The number of piperidine rings is 1. The van der Waals surface area contributed by atoms with Crippen LogP contribution in [0.25, 0.3) is 11.3 Å². The SMILES string of the molecule is Fc1ccccc1-c1cnc(CC2CCNCC2)[nH]1. The van der Waals surface area contributed by atoms with E-state index in [2.05, 4.69) is 15.3 Å². The van der Waals surface area contributed by atoms with Crippen LogP contribution < -0.4 is 5.32 Å². The number of aromatic amines is 1. The van der Waals surface area contributed by atoms with Crippen LogP contribution in [0.3, 0.4) is 0 Å². The molecule has 1 aliphatic heterocycles. The second-order valence-corrected chi connectivity index (χ2v) is 5.12. The summed E-state index contributed by atoms with van der Waals surface area (Å²) >= 11 is 0. The zero-order chi connectivity index (χ0) is 13.1. The molecule has 1 saturated heterocycles. The van der Waals surface area contributed by atoms with Gasteiger partial charge >= 0.3 is 0 Å². The van der Waals surface area contributed by atoms with E-state index in [4.69, 9.17) is 0 Å². The maximum Gasteiger partial charge on any atom is 0.132 e. The van der Waals surface area contributed by atoms with Crippen LogP contribution in [0.4, 0.5) is 4.39 Å². The van der Waals surface area contributed by atoms with Gasteiger partial charge in [-0.1, -0.05) is 12.1 Å². The van der Waals surface area contributed by atoms with E-state index in [9.17, 15) is 4.39 Å². The predicted molar refractivity (Wildman–Crippen MR) is 73.3 cm³/mol. The van der Waals surface area contributed by atoms with Gasteiger partial charge in [0.1, 0.15) is 11.6 Å². The first kappa shape index (κ1) is 12.4. The van der Waals surface area contributed by atoms with E-state index in [1.807, 2.05) is 6.07 Å². The third-order valence-corrected chi connectivity index (χ3v) is 3.73. The van der Waals surface area contributed by atoms with E-state index >= 15 is 0 Å². The molecule has 2 aromatic rings. The molecule has 0 amide bonds. The highest BCUT2D eigenvalue weighted by molar-refractivity contribution is 5.59. The van der Waals surface area contributed by atoms with Crippen molar-refractivity contribution in [3.63, 3.8) is 0 Å². The predicted octanol–water partition coefficient (Wildman–Crippen LogP) is 2.76. The number of rotatable bonds is 3. The summed E-state index contributed by atoms with van der Waals surface area (Å²) in [6, 6.07) is 6.79. The molecule has 0 saturated carbocycles. The van der Waals surface area contributed by atoms with Crippen LogP contribution >= 0.6 is 0 Å². The van der Waals surface area contributed by atoms with Crippen molar-refractivity contribution in [2.24, 2.45) is 5.92 Å². The lowest BCUT2D eigenvalue weighted by Gasteiger charge is -2.21. The van der Waals surface area contributed by atoms with Crippen molar-refractivity contribution in [3.8, 4) is 11.3 Å². The van der Waals surface area contributed by atoms with Gasteiger partial charge in [-0.25, -0.2) is 9.37 Å². The van der Waals surface area contributed by atoms with Crippen LogP contribution in [0, 0.1) is 11.7 Å². The summed E-state index contributed by atoms with van der Waals surface area (Å²) in [4.78, 5) is 7.63. The minimum absolute atomic E-state index is 0.209. The highest BCUT2D eigenvalue weighted by atomic mass is 19.1. The molecule has 1 aromatic carbocycles. The number of nitrogens with one attached hydrogen (secondary N) is 2. The van der Waals surface area contributed by atoms with Crippen LogP contribution in [0.15, 0.2) is 30.5 Å². The minimum Gasteiger partial charge on any atom is -0.342 e. The lowest BCUT2D eigenvalue weighted by Crippen LogP contribution is -2.28. The molecule has 3 rings (SSSR count). The maximum absolute atomic E-state index is 13.7. The fourth-order valence-corrected chi connectivity index (χ4v) is 2.64. The number of imidazole rings is 1. The molecule has 3 nitrogen and oxygen atoms in total. The van der Waals surface area contributed by atoms with Crippen molar-refractivity contribution in [3.05, 3.63) is 42.1 Å². The first-order valence-corrected chi connectivity index (χ1v) is 6.82. The van der Waals surface area contributed by atoms with Crippen molar-refractivity contribution < 1.29 is 4.39 Å². The van der Waals surface area contributed by atoms with Crippen LogP contribution in [0.1, 0.15) is 18.7 Å². The van der Waals surface area contributed by atoms with Crippen LogP contribution in [0.5, 0.6) is 0 Å². The molecule has 100 valence electrons. The zero-order valence-corrected chi connectivity index (χ0v) is 10.8. The maximum atomic E-state index is 13.7. The van der Waals surface area contributed by atoms with E-state index in [1.165, 1.54) is 18.9 Å². The van der Waals surface area contributed by atoms with E-state index in [1.54, 1.807) is 18.3 Å². The Morgan fingerprint density at radius 1 is 1.21 bits per heavy atom. The molecule has 0 atom stereocenters. The molecular weight excluding hydrogens is 241 g/mol. The average molecular weight is 259 g/mol. The van der Waals surface area contributed by atoms with Gasteiger partial charge < -0.3 is 10.3 Å². The first-order chi connectivity index (χ1) is 9.33. The Kier molecular flexibility index (Phi) is 3.60. The standard InChI is InChI=1S/C15H18FN3/c16-13-4-2-1-3-12(13)14-10-18-15(19-14)9-11-5-7-17-8-6-11/h1-4,10-11,17H,5-9H2,(H,18,19). The topological polar surface area (TPSA) is 40.7 Å². The second-order valence-electron chi connectivity index (χ2n) is 5.12. The molecule has 0 bridgehead atoms. The first-order valence-electron chi connectivity index (χ1n) is 6.82. The van der Waals surface area contributed by atoms with Crippen LogP contribution in [-0.4, -0.2) is 23.1 Å². The summed E-state index contributed by atoms with van der Waals surface area (Å²) in [5, 5.41) is 3.36. The van der Waals surface area contributed by atoms with Gasteiger partial charge in [-0.2, -0.15) is 0 Å². The Hall–Kier alpha value is -1.68. The van der Waals surface area contributed by atoms with Gasteiger partial charge in [-0.15, -0.1) is 0 Å². The Morgan fingerprint density at radius 3 is 2.79 bits per heavy atom. The molecule has 4 heteroatoms. The van der Waals surface area contributed by atoms with Gasteiger partial charge in [0, 0.05) is 12.0 Å². The Labute approximate surface area is 112 Å². The molecule has 1 aliphatic rings. The summed E-state index contributed by atoms with van der Waals surface area (Å²) in [5.74, 6) is 1.44. The lowest BCUT2D eigenvalue weighted by atomic mass is 9.94. The monoisotopic (exact) mass is 259 g/mol. The number of aromatic nitrogens is 2. The summed E-state index contributed by atoms with van der Waals surface area (Å²) in [6.45, 7) is 2.18. The van der Waals surface area contributed by atoms with Gasteiger partial charge in [0.05, 0.1) is 11.9 Å². The number of benzene rings is 1. The van der Waals surface area contributed by atoms with E-state index in [0.717, 1.165) is 31.0 Å². The van der Waals surface area contributed by atoms with Crippen molar-refractivity contribution in [1.29, 1.82) is 0 Å². The highest BCUT2D eigenvalue weighted by Crippen LogP contribution is 2.22. The van der Waals surface area contributed by atoms with E-state index in [0.29, 0.717) is 11.5 Å². The fourth-order valence-electron chi connectivity index (χ4n) is 2.64. The van der Waals surface area contributed by atoms with Gasteiger partial charge in [0.15, 0.2) is 0 Å². The summed E-state index contributed by atoms with van der Waals surface area (Å²) in [6.07, 6.45) is 5.07. The van der Waals surface area contributed by atoms with Crippen molar-refractivity contribution in [1.82, 2.24) is 15.3 Å². The van der Waals surface area contributed by atoms with Gasteiger partial charge in [0.25, 0.3) is 0 Å². The molecule has 2 N–H and O–H groups in total. The van der Waals surface area contributed by atoms with Gasteiger partial charge in [0.2, 0.25) is 0 Å². The third-order valence-electron chi connectivity index (χ3n) is 3.73. The molecule has 0 radical (unpaired) electrons. The summed E-state index contributed by atoms with van der Waals surface area (Å²) < 4.78 is 13.7. The quantitative estimate of drug-likeness (QED) is 0.890. The molecule has 1 aromatic heterocycles. The number of nitrogens with zero attached hydrogens (tertiary/aromatic N) is 1. The van der Waals surface area contributed by atoms with Gasteiger partial charge in [-0.05, 0) is 44.0 Å². The molecular formula is C15H18FN3. The highest BCUT2D eigenvalue weighted by Gasteiger charge is 2.15. The minimum atomic E-state index is -0.209. The molecule has 19 heavy (non-hydrogen) atoms. The van der Waals surface area contributed by atoms with E-state index < -0.39 is 0 Å². The molecule has 2 heterocycles. The van der Waals surface area contributed by atoms with Crippen molar-refractivity contribution in [2.75, 3.05) is 13.1 Å². The Morgan fingerprint density at radius 2 is 2.00 bits per heavy atom. The smallest absolute Gasteiger partial charge is 0.132 e. The third kappa shape index (κ3) is 2.84. The molecule has 0 unspecified atom stereocenters. The largest absolute Gasteiger partial charge is 0.342 e. The Bertz CT molecular complexity index is 544. The normalized spacial score (nSPS) is 16.7. The van der Waals surface area contributed by atoms with Crippen molar-refractivity contribution in [2.45, 2.75) is 19.3 Å². The number of H-pyrrole nitrogens is 1. The molecule has 0 aliphatic carbocycles. The van der Waals surface area contributed by atoms with Crippen LogP contribution in [-0.2, 0) is 6.42 Å². The fraction of sp³-hybridized carbons (Fsp3) is 0.400. The lowest BCUT2D eigenvalue weighted by molar-refractivity contribution is 0.368. The summed E-state index contributed by atoms with van der Waals surface area (Å²) in [5.41, 5.74) is 1.36. The second kappa shape index (κ2) is 5.53. The number of hydrogen-bond donors (Lipinski definition) is 2. The van der Waals surface area contributed by atoms with E-state index in [-0.39, 0.29) is 5.82 Å². The van der Waals surface area contributed by atoms with Crippen LogP contribution in [0.2, 0.25) is 0 Å². The molecule has 0 spiro atoms. The van der Waals surface area contributed by atoms with Crippen molar-refractivity contribution >= 4 is 0 Å². The van der Waals surface area contributed by atoms with Gasteiger partial charge in [-0.3, -0.25) is 0 Å². The Balaban J connectivity index is 1.74. The molecule has 1 fully saturated rings. The summed E-state index contributed by atoms with van der Waals surface area (Å²) in [7, 11) is 0. The zero-order valence-electron chi connectivity index (χ0n) is 10.8.